The molecule has 4 nitrogen and oxygen atoms in total. The van der Waals surface area contributed by atoms with Gasteiger partial charge < -0.3 is 5.73 Å². The molecule has 0 aliphatic rings. The number of benzene rings is 2. The molecule has 7 heteroatoms. The highest BCUT2D eigenvalue weighted by Crippen LogP contribution is 2.31. The van der Waals surface area contributed by atoms with Gasteiger partial charge in [0.15, 0.2) is 0 Å². The summed E-state index contributed by atoms with van der Waals surface area (Å²) < 4.78 is 27.6. The summed E-state index contributed by atoms with van der Waals surface area (Å²) in [6.07, 6.45) is 0. The maximum atomic E-state index is 12.5. The van der Waals surface area contributed by atoms with E-state index in [4.69, 9.17) is 28.9 Å². The van der Waals surface area contributed by atoms with E-state index in [-0.39, 0.29) is 9.92 Å². The maximum Gasteiger partial charge on any atom is 0.262 e. The summed E-state index contributed by atoms with van der Waals surface area (Å²) in [5.41, 5.74) is 7.59. The van der Waals surface area contributed by atoms with Crippen LogP contribution in [-0.2, 0) is 10.0 Å². The van der Waals surface area contributed by atoms with E-state index in [1.54, 1.807) is 32.0 Å². The number of rotatable bonds is 3. The average Bonchev–Trinajstić information content (AvgIpc) is 2.38. The Morgan fingerprint density at radius 1 is 1.14 bits per heavy atom. The van der Waals surface area contributed by atoms with Crippen molar-refractivity contribution in [2.45, 2.75) is 18.7 Å². The van der Waals surface area contributed by atoms with Gasteiger partial charge in [0.2, 0.25) is 0 Å². The minimum absolute atomic E-state index is 0.0341. The van der Waals surface area contributed by atoms with Crippen molar-refractivity contribution >= 4 is 44.6 Å². The molecule has 0 aromatic heterocycles. The molecular weight excluding hydrogens is 331 g/mol. The van der Waals surface area contributed by atoms with Gasteiger partial charge in [-0.05, 0) is 43.2 Å². The van der Waals surface area contributed by atoms with E-state index in [1.165, 1.54) is 12.1 Å². The number of hydrogen-bond donors (Lipinski definition) is 2. The Balaban J connectivity index is 2.54. The first kappa shape index (κ1) is 15.9. The van der Waals surface area contributed by atoms with Crippen LogP contribution in [0, 0.1) is 13.8 Å². The van der Waals surface area contributed by atoms with Crippen molar-refractivity contribution in [2.75, 3.05) is 10.5 Å². The molecule has 0 aliphatic carbocycles. The van der Waals surface area contributed by atoms with Crippen molar-refractivity contribution in [2.24, 2.45) is 0 Å². The van der Waals surface area contributed by atoms with E-state index in [9.17, 15) is 8.42 Å². The SMILES string of the molecule is Cc1cccc(Cl)c1NS(=O)(=O)c1cc(Cl)cc(N)c1C. The van der Waals surface area contributed by atoms with Crippen molar-refractivity contribution in [1.82, 2.24) is 0 Å². The smallest absolute Gasteiger partial charge is 0.262 e. The fraction of sp³-hybridized carbons (Fsp3) is 0.143. The maximum absolute atomic E-state index is 12.5. The second-order valence-corrected chi connectivity index (χ2v) is 7.15. The first-order valence-electron chi connectivity index (χ1n) is 6.06. The van der Waals surface area contributed by atoms with Crippen molar-refractivity contribution in [3.63, 3.8) is 0 Å². The topological polar surface area (TPSA) is 72.2 Å². The molecule has 0 aliphatic heterocycles. The normalized spacial score (nSPS) is 11.4. The molecular formula is C14H14Cl2N2O2S. The van der Waals surface area contributed by atoms with Gasteiger partial charge >= 0.3 is 0 Å². The van der Waals surface area contributed by atoms with Gasteiger partial charge in [0, 0.05) is 10.7 Å². The Kier molecular flexibility index (Phi) is 4.37. The fourth-order valence-electron chi connectivity index (χ4n) is 1.90. The first-order chi connectivity index (χ1) is 9.72. The van der Waals surface area contributed by atoms with Crippen LogP contribution in [0.3, 0.4) is 0 Å². The molecule has 3 N–H and O–H groups in total. The molecule has 0 fully saturated rings. The van der Waals surface area contributed by atoms with E-state index in [0.29, 0.717) is 22.0 Å². The molecule has 21 heavy (non-hydrogen) atoms. The zero-order valence-electron chi connectivity index (χ0n) is 11.4. The molecule has 0 spiro atoms. The second kappa shape index (κ2) is 5.75. The minimum atomic E-state index is -3.83. The zero-order chi connectivity index (χ0) is 15.8. The highest BCUT2D eigenvalue weighted by Gasteiger charge is 2.21. The van der Waals surface area contributed by atoms with Crippen LogP contribution < -0.4 is 10.5 Å². The molecule has 112 valence electrons. The lowest BCUT2D eigenvalue weighted by Gasteiger charge is -2.15. The minimum Gasteiger partial charge on any atom is -0.398 e. The zero-order valence-corrected chi connectivity index (χ0v) is 13.8. The Morgan fingerprint density at radius 3 is 2.43 bits per heavy atom. The molecule has 0 bridgehead atoms. The highest BCUT2D eigenvalue weighted by atomic mass is 35.5. The number of halogens is 2. The van der Waals surface area contributed by atoms with Crippen LogP contribution >= 0.6 is 23.2 Å². The van der Waals surface area contributed by atoms with Crippen LogP contribution in [0.5, 0.6) is 0 Å². The number of sulfonamides is 1. The highest BCUT2D eigenvalue weighted by molar-refractivity contribution is 7.92. The van der Waals surface area contributed by atoms with Crippen LogP contribution in [-0.4, -0.2) is 8.42 Å². The van der Waals surface area contributed by atoms with E-state index >= 15 is 0 Å². The summed E-state index contributed by atoms with van der Waals surface area (Å²) >= 11 is 11.9. The summed E-state index contributed by atoms with van der Waals surface area (Å²) in [6.45, 7) is 3.39. The first-order valence-corrected chi connectivity index (χ1v) is 8.30. The summed E-state index contributed by atoms with van der Waals surface area (Å²) in [7, 11) is -3.83. The Bertz CT molecular complexity index is 785. The van der Waals surface area contributed by atoms with Gasteiger partial charge in [-0.3, -0.25) is 4.72 Å². The van der Waals surface area contributed by atoms with Gasteiger partial charge in [0.1, 0.15) is 0 Å². The standard InChI is InChI=1S/C14H14Cl2N2O2S/c1-8-4-3-5-11(16)14(8)18-21(19,20)13-7-10(15)6-12(17)9(13)2/h3-7,18H,17H2,1-2H3. The van der Waals surface area contributed by atoms with Gasteiger partial charge in [0.25, 0.3) is 10.0 Å². The van der Waals surface area contributed by atoms with Crippen LogP contribution in [0.15, 0.2) is 35.2 Å². The third-order valence-electron chi connectivity index (χ3n) is 3.11. The molecule has 0 saturated heterocycles. The predicted octanol–water partition coefficient (Wildman–Crippen LogP) is 3.99. The molecule has 0 saturated carbocycles. The molecule has 2 rings (SSSR count). The largest absolute Gasteiger partial charge is 0.398 e. The van der Waals surface area contributed by atoms with Crippen LogP contribution in [0.4, 0.5) is 11.4 Å². The molecule has 0 unspecified atom stereocenters. The predicted molar refractivity (Wildman–Crippen MR) is 87.6 cm³/mol. The van der Waals surface area contributed by atoms with E-state index < -0.39 is 10.0 Å². The lowest BCUT2D eigenvalue weighted by atomic mass is 10.2. The monoisotopic (exact) mass is 344 g/mol. The summed E-state index contributed by atoms with van der Waals surface area (Å²) in [6, 6.07) is 8.00. The Labute approximate surface area is 133 Å². The summed E-state index contributed by atoms with van der Waals surface area (Å²) in [5.74, 6) is 0. The molecule has 0 heterocycles. The molecule has 0 amide bonds. The number of para-hydroxylation sites is 1. The average molecular weight is 345 g/mol. The van der Waals surface area contributed by atoms with Crippen LogP contribution in [0.25, 0.3) is 0 Å². The van der Waals surface area contributed by atoms with Crippen molar-refractivity contribution in [3.8, 4) is 0 Å². The van der Waals surface area contributed by atoms with Gasteiger partial charge in [-0.1, -0.05) is 35.3 Å². The molecule has 0 atom stereocenters. The van der Waals surface area contributed by atoms with Crippen molar-refractivity contribution < 1.29 is 8.42 Å². The number of nitrogen functional groups attached to an aromatic ring is 1. The lowest BCUT2D eigenvalue weighted by molar-refractivity contribution is 0.600. The second-order valence-electron chi connectivity index (χ2n) is 4.66. The van der Waals surface area contributed by atoms with E-state index in [0.717, 1.165) is 5.56 Å². The van der Waals surface area contributed by atoms with Crippen molar-refractivity contribution in [3.05, 3.63) is 51.5 Å². The molecule has 2 aromatic rings. The van der Waals surface area contributed by atoms with Gasteiger partial charge in [-0.2, -0.15) is 0 Å². The summed E-state index contributed by atoms with van der Waals surface area (Å²) in [5, 5.41) is 0.584. The van der Waals surface area contributed by atoms with Gasteiger partial charge in [-0.15, -0.1) is 0 Å². The number of aryl methyl sites for hydroxylation is 1. The third-order valence-corrected chi connectivity index (χ3v) is 5.12. The van der Waals surface area contributed by atoms with E-state index in [1.807, 2.05) is 0 Å². The van der Waals surface area contributed by atoms with E-state index in [2.05, 4.69) is 4.72 Å². The van der Waals surface area contributed by atoms with Gasteiger partial charge in [0.05, 0.1) is 15.6 Å². The fourth-order valence-corrected chi connectivity index (χ4v) is 3.97. The number of nitrogens with one attached hydrogen (secondary N) is 1. The lowest BCUT2D eigenvalue weighted by Crippen LogP contribution is -2.16. The van der Waals surface area contributed by atoms with Crippen molar-refractivity contribution in [1.29, 1.82) is 0 Å². The number of nitrogens with two attached hydrogens (primary N) is 1. The number of hydrogen-bond acceptors (Lipinski definition) is 3. The third kappa shape index (κ3) is 3.26. The summed E-state index contributed by atoms with van der Waals surface area (Å²) in [4.78, 5) is 0.0341. The quantitative estimate of drug-likeness (QED) is 0.826. The molecule has 2 aromatic carbocycles. The Morgan fingerprint density at radius 2 is 1.81 bits per heavy atom. The molecule has 0 radical (unpaired) electrons. The van der Waals surface area contributed by atoms with Gasteiger partial charge in [-0.25, -0.2) is 8.42 Å². The Hall–Kier alpha value is -1.43. The van der Waals surface area contributed by atoms with Crippen LogP contribution in [0.2, 0.25) is 10.0 Å². The number of anilines is 2. The van der Waals surface area contributed by atoms with Crippen LogP contribution in [0.1, 0.15) is 11.1 Å².